The van der Waals surface area contributed by atoms with Crippen molar-refractivity contribution < 1.29 is 8.78 Å². The van der Waals surface area contributed by atoms with Crippen molar-refractivity contribution in [2.24, 2.45) is 0 Å². The molecule has 0 aliphatic carbocycles. The summed E-state index contributed by atoms with van der Waals surface area (Å²) in [5, 5.41) is 1.80. The van der Waals surface area contributed by atoms with E-state index in [2.05, 4.69) is 15.9 Å². The van der Waals surface area contributed by atoms with Crippen LogP contribution in [0.1, 0.15) is 11.1 Å². The van der Waals surface area contributed by atoms with E-state index in [-0.39, 0.29) is 0 Å². The van der Waals surface area contributed by atoms with Gasteiger partial charge in [-0.15, -0.1) is 0 Å². The van der Waals surface area contributed by atoms with Gasteiger partial charge in [-0.1, -0.05) is 28.1 Å². The topological polar surface area (TPSA) is 0 Å². The van der Waals surface area contributed by atoms with Gasteiger partial charge in [-0.05, 0) is 29.5 Å². The Morgan fingerprint density at radius 3 is 2.53 bits per heavy atom. The van der Waals surface area contributed by atoms with E-state index in [9.17, 15) is 8.78 Å². The average Bonchev–Trinajstić information content (AvgIpc) is 2.19. The van der Waals surface area contributed by atoms with Gasteiger partial charge in [0, 0.05) is 16.8 Å². The van der Waals surface area contributed by atoms with Crippen molar-refractivity contribution in [2.45, 2.75) is 12.3 Å². The first-order valence-corrected chi connectivity index (χ1v) is 5.69. The molecule has 0 bridgehead atoms. The fourth-order valence-corrected chi connectivity index (χ4v) is 2.30. The van der Waals surface area contributed by atoms with Crippen molar-refractivity contribution in [1.29, 1.82) is 0 Å². The Morgan fingerprint density at radius 2 is 1.87 bits per heavy atom. The first-order valence-electron chi connectivity index (χ1n) is 4.56. The molecule has 0 unspecified atom stereocenters. The molecule has 0 heterocycles. The van der Waals surface area contributed by atoms with Crippen LogP contribution in [0.25, 0.3) is 10.8 Å². The Bertz CT molecular complexity index is 521. The molecule has 2 rings (SSSR count). The maximum Gasteiger partial charge on any atom is 0.133 e. The largest absolute Gasteiger partial charge is 0.207 e. The second-order valence-electron chi connectivity index (χ2n) is 3.47. The van der Waals surface area contributed by atoms with E-state index in [4.69, 9.17) is 0 Å². The summed E-state index contributed by atoms with van der Waals surface area (Å²) < 4.78 is 26.5. The predicted octanol–water partition coefficient (Wildman–Crippen LogP) is 4.32. The highest BCUT2D eigenvalue weighted by atomic mass is 79.9. The van der Waals surface area contributed by atoms with Crippen molar-refractivity contribution in [3.05, 3.63) is 47.0 Å². The summed E-state index contributed by atoms with van der Waals surface area (Å²) in [6.45, 7) is 1.87. The maximum absolute atomic E-state index is 13.4. The van der Waals surface area contributed by atoms with Gasteiger partial charge in [0.05, 0.1) is 0 Å². The third-order valence-corrected chi connectivity index (χ3v) is 3.18. The van der Waals surface area contributed by atoms with Crippen LogP contribution in [0.3, 0.4) is 0 Å². The third-order valence-electron chi connectivity index (χ3n) is 2.58. The van der Waals surface area contributed by atoms with Crippen LogP contribution in [0.4, 0.5) is 8.78 Å². The van der Waals surface area contributed by atoms with E-state index >= 15 is 0 Å². The molecule has 0 aliphatic heterocycles. The molecule has 0 fully saturated rings. The molecule has 0 aliphatic rings. The second-order valence-corrected chi connectivity index (χ2v) is 4.03. The lowest BCUT2D eigenvalue weighted by atomic mass is 10.0. The molecule has 2 aromatic carbocycles. The van der Waals surface area contributed by atoms with Crippen LogP contribution in [0.2, 0.25) is 0 Å². The Balaban J connectivity index is 2.86. The van der Waals surface area contributed by atoms with Crippen LogP contribution >= 0.6 is 15.9 Å². The molecule has 0 radical (unpaired) electrons. The minimum Gasteiger partial charge on any atom is -0.207 e. The zero-order valence-corrected chi connectivity index (χ0v) is 9.74. The molecule has 3 heteroatoms. The van der Waals surface area contributed by atoms with Crippen LogP contribution in [-0.4, -0.2) is 0 Å². The standard InChI is InChI=1S/C12H9BrF2/c1-7-8(6-13)2-3-10-11(7)4-9(14)5-12(10)15/h2-5H,6H2,1H3. The molecule has 0 saturated heterocycles. The smallest absolute Gasteiger partial charge is 0.133 e. The molecule has 2 aromatic rings. The van der Waals surface area contributed by atoms with E-state index in [1.807, 2.05) is 13.0 Å². The highest BCUT2D eigenvalue weighted by Crippen LogP contribution is 2.26. The molecular formula is C12H9BrF2. The van der Waals surface area contributed by atoms with E-state index in [1.165, 1.54) is 6.07 Å². The summed E-state index contributed by atoms with van der Waals surface area (Å²) in [6, 6.07) is 5.83. The van der Waals surface area contributed by atoms with E-state index < -0.39 is 11.6 Å². The SMILES string of the molecule is Cc1c(CBr)ccc2c(F)cc(F)cc12. The number of aryl methyl sites for hydroxylation is 1. The van der Waals surface area contributed by atoms with Gasteiger partial charge in [-0.25, -0.2) is 8.78 Å². The van der Waals surface area contributed by atoms with Gasteiger partial charge in [0.15, 0.2) is 0 Å². The van der Waals surface area contributed by atoms with E-state index in [0.717, 1.165) is 17.2 Å². The Hall–Kier alpha value is -0.960. The minimum absolute atomic E-state index is 0.471. The van der Waals surface area contributed by atoms with Gasteiger partial charge in [-0.3, -0.25) is 0 Å². The number of hydrogen-bond acceptors (Lipinski definition) is 0. The van der Waals surface area contributed by atoms with Crippen molar-refractivity contribution in [1.82, 2.24) is 0 Å². The monoisotopic (exact) mass is 270 g/mol. The lowest BCUT2D eigenvalue weighted by Gasteiger charge is -2.07. The fraction of sp³-hybridized carbons (Fsp3) is 0.167. The van der Waals surface area contributed by atoms with Gasteiger partial charge in [-0.2, -0.15) is 0 Å². The molecule has 15 heavy (non-hydrogen) atoms. The lowest BCUT2D eigenvalue weighted by molar-refractivity contribution is 0.592. The van der Waals surface area contributed by atoms with Crippen molar-refractivity contribution >= 4 is 26.7 Å². The second kappa shape index (κ2) is 3.89. The van der Waals surface area contributed by atoms with Gasteiger partial charge in [0.2, 0.25) is 0 Å². The van der Waals surface area contributed by atoms with Crippen molar-refractivity contribution in [3.63, 3.8) is 0 Å². The Morgan fingerprint density at radius 1 is 1.13 bits per heavy atom. The molecular weight excluding hydrogens is 262 g/mol. The molecule has 0 N–H and O–H groups in total. The summed E-state index contributed by atoms with van der Waals surface area (Å²) in [7, 11) is 0. The highest BCUT2D eigenvalue weighted by molar-refractivity contribution is 9.08. The van der Waals surface area contributed by atoms with Crippen molar-refractivity contribution in [2.75, 3.05) is 0 Å². The fourth-order valence-electron chi connectivity index (χ4n) is 1.69. The van der Waals surface area contributed by atoms with Crippen LogP contribution in [0.15, 0.2) is 24.3 Å². The third kappa shape index (κ3) is 1.76. The predicted molar refractivity (Wildman–Crippen MR) is 61.2 cm³/mol. The molecule has 0 saturated carbocycles. The molecule has 0 atom stereocenters. The van der Waals surface area contributed by atoms with Crippen LogP contribution in [-0.2, 0) is 5.33 Å². The summed E-state index contributed by atoms with van der Waals surface area (Å²) in [5.74, 6) is -1.04. The maximum atomic E-state index is 13.4. The normalized spacial score (nSPS) is 10.9. The summed E-state index contributed by atoms with van der Waals surface area (Å²) in [5.41, 5.74) is 1.97. The molecule has 0 nitrogen and oxygen atoms in total. The first kappa shape index (κ1) is 10.6. The zero-order chi connectivity index (χ0) is 11.0. The quantitative estimate of drug-likeness (QED) is 0.677. The number of benzene rings is 2. The van der Waals surface area contributed by atoms with Gasteiger partial charge >= 0.3 is 0 Å². The zero-order valence-electron chi connectivity index (χ0n) is 8.15. The molecule has 0 amide bonds. The summed E-state index contributed by atoms with van der Waals surface area (Å²) >= 11 is 3.34. The number of rotatable bonds is 1. The van der Waals surface area contributed by atoms with Crippen LogP contribution in [0.5, 0.6) is 0 Å². The van der Waals surface area contributed by atoms with Crippen LogP contribution < -0.4 is 0 Å². The highest BCUT2D eigenvalue weighted by Gasteiger charge is 2.08. The number of halogens is 3. The van der Waals surface area contributed by atoms with E-state index in [1.54, 1.807) is 6.07 Å². The molecule has 78 valence electrons. The Kier molecular flexibility index (Phi) is 2.74. The summed E-state index contributed by atoms with van der Waals surface area (Å²) in [6.07, 6.45) is 0. The Labute approximate surface area is 95.0 Å². The molecule has 0 aromatic heterocycles. The molecule has 0 spiro atoms. The van der Waals surface area contributed by atoms with Gasteiger partial charge in [0.25, 0.3) is 0 Å². The number of alkyl halides is 1. The van der Waals surface area contributed by atoms with Crippen molar-refractivity contribution in [3.8, 4) is 0 Å². The van der Waals surface area contributed by atoms with Crippen LogP contribution in [0, 0.1) is 18.6 Å². The van der Waals surface area contributed by atoms with E-state index in [0.29, 0.717) is 16.1 Å². The lowest BCUT2D eigenvalue weighted by Crippen LogP contribution is -1.90. The minimum atomic E-state index is -0.533. The number of fused-ring (bicyclic) bond motifs is 1. The summed E-state index contributed by atoms with van der Waals surface area (Å²) in [4.78, 5) is 0. The van der Waals surface area contributed by atoms with Gasteiger partial charge in [0.1, 0.15) is 11.6 Å². The first-order chi connectivity index (χ1) is 7.13. The average molecular weight is 271 g/mol. The van der Waals surface area contributed by atoms with Gasteiger partial charge < -0.3 is 0 Å². The number of hydrogen-bond donors (Lipinski definition) is 0.